The van der Waals surface area contributed by atoms with Gasteiger partial charge in [-0.3, -0.25) is 9.80 Å². The van der Waals surface area contributed by atoms with E-state index in [4.69, 9.17) is 14.2 Å². The number of amides is 2. The number of aliphatic hydroxyl groups is 1. The topological polar surface area (TPSA) is 106 Å². The van der Waals surface area contributed by atoms with Gasteiger partial charge < -0.3 is 19.3 Å². The van der Waals surface area contributed by atoms with Crippen LogP contribution in [0.25, 0.3) is 0 Å². The van der Waals surface area contributed by atoms with Crippen molar-refractivity contribution in [2.45, 2.75) is 64.8 Å². The van der Waals surface area contributed by atoms with E-state index in [1.807, 2.05) is 0 Å². The Morgan fingerprint density at radius 2 is 1.35 bits per heavy atom. The van der Waals surface area contributed by atoms with E-state index in [1.165, 1.54) is 16.9 Å². The van der Waals surface area contributed by atoms with Gasteiger partial charge in [-0.15, -0.1) is 0 Å². The van der Waals surface area contributed by atoms with Crippen LogP contribution in [0.15, 0.2) is 0 Å². The number of methoxy groups -OCH3 is 1. The molecule has 0 aromatic heterocycles. The maximum Gasteiger partial charge on any atom is 0.411 e. The Bertz CT molecular complexity index is 536. The summed E-state index contributed by atoms with van der Waals surface area (Å²) in [6.45, 7) is 9.86. The first-order chi connectivity index (χ1) is 11.8. The summed E-state index contributed by atoms with van der Waals surface area (Å²) in [4.78, 5) is 39.7. The van der Waals surface area contributed by atoms with E-state index in [1.54, 1.807) is 41.5 Å². The molecular weight excluding hydrogens is 344 g/mol. The third kappa shape index (κ3) is 5.76. The summed E-state index contributed by atoms with van der Waals surface area (Å²) < 4.78 is 15.5. The average molecular weight is 374 g/mol. The van der Waals surface area contributed by atoms with Crippen molar-refractivity contribution in [2.75, 3.05) is 26.8 Å². The standard InChI is InChI=1S/C17H30N2O7/c1-16(2,3)25-14(22)18-8-9-19(15(23)26-17(4,5)6)12(11(18)10-20)13(21)24-7/h11-12,20H,8-10H2,1-7H3. The number of aliphatic hydroxyl groups excluding tert-OH is 1. The lowest BCUT2D eigenvalue weighted by atomic mass is 10.0. The van der Waals surface area contributed by atoms with Crippen LogP contribution in [0, 0.1) is 0 Å². The van der Waals surface area contributed by atoms with Crippen molar-refractivity contribution in [3.8, 4) is 0 Å². The number of hydrogen-bond acceptors (Lipinski definition) is 7. The number of ether oxygens (including phenoxy) is 3. The quantitative estimate of drug-likeness (QED) is 0.575. The summed E-state index contributed by atoms with van der Waals surface area (Å²) in [5.74, 6) is -0.747. The second-order valence-electron chi connectivity index (χ2n) is 8.07. The summed E-state index contributed by atoms with van der Waals surface area (Å²) in [5.41, 5.74) is -1.49. The van der Waals surface area contributed by atoms with Gasteiger partial charge in [-0.1, -0.05) is 0 Å². The third-order valence-electron chi connectivity index (χ3n) is 3.57. The van der Waals surface area contributed by atoms with E-state index in [0.717, 1.165) is 0 Å². The molecule has 9 nitrogen and oxygen atoms in total. The van der Waals surface area contributed by atoms with Crippen LogP contribution in [0.5, 0.6) is 0 Å². The monoisotopic (exact) mass is 374 g/mol. The highest BCUT2D eigenvalue weighted by atomic mass is 16.6. The van der Waals surface area contributed by atoms with Crippen LogP contribution < -0.4 is 0 Å². The highest BCUT2D eigenvalue weighted by Crippen LogP contribution is 2.23. The summed E-state index contributed by atoms with van der Waals surface area (Å²) in [7, 11) is 1.18. The van der Waals surface area contributed by atoms with Crippen molar-refractivity contribution >= 4 is 18.2 Å². The van der Waals surface area contributed by atoms with Crippen LogP contribution in [-0.4, -0.2) is 83.2 Å². The van der Waals surface area contributed by atoms with Crippen molar-refractivity contribution < 1.29 is 33.7 Å². The lowest BCUT2D eigenvalue weighted by molar-refractivity contribution is -0.153. The fraction of sp³-hybridized carbons (Fsp3) is 0.824. The van der Waals surface area contributed by atoms with Crippen LogP contribution in [0.3, 0.4) is 0 Å². The number of nitrogens with zero attached hydrogens (tertiary/aromatic N) is 2. The minimum atomic E-state index is -1.19. The normalized spacial score (nSPS) is 21.2. The van der Waals surface area contributed by atoms with Crippen LogP contribution in [0.4, 0.5) is 9.59 Å². The van der Waals surface area contributed by atoms with E-state index < -0.39 is 48.0 Å². The van der Waals surface area contributed by atoms with Gasteiger partial charge in [-0.05, 0) is 41.5 Å². The largest absolute Gasteiger partial charge is 0.467 e. The Morgan fingerprint density at radius 1 is 0.923 bits per heavy atom. The van der Waals surface area contributed by atoms with Crippen LogP contribution in [0.1, 0.15) is 41.5 Å². The van der Waals surface area contributed by atoms with Gasteiger partial charge in [-0.25, -0.2) is 14.4 Å². The molecule has 0 saturated carbocycles. The third-order valence-corrected chi connectivity index (χ3v) is 3.57. The smallest absolute Gasteiger partial charge is 0.411 e. The fourth-order valence-electron chi connectivity index (χ4n) is 2.57. The number of rotatable bonds is 2. The highest BCUT2D eigenvalue weighted by Gasteiger charge is 2.47. The molecule has 1 aliphatic rings. The molecule has 1 heterocycles. The Labute approximate surface area is 154 Å². The molecular formula is C17H30N2O7. The Morgan fingerprint density at radius 3 is 1.73 bits per heavy atom. The minimum absolute atomic E-state index is 0.0461. The highest BCUT2D eigenvalue weighted by molar-refractivity contribution is 5.84. The van der Waals surface area contributed by atoms with Crippen molar-refractivity contribution in [1.82, 2.24) is 9.80 Å². The molecule has 0 radical (unpaired) electrons. The van der Waals surface area contributed by atoms with Gasteiger partial charge in [0, 0.05) is 13.1 Å². The first-order valence-electron chi connectivity index (χ1n) is 8.48. The Kier molecular flexibility index (Phi) is 6.87. The molecule has 0 aromatic rings. The number of carbonyl (C=O) groups is 3. The van der Waals surface area contributed by atoms with Gasteiger partial charge in [0.05, 0.1) is 19.8 Å². The Hall–Kier alpha value is -2.03. The first-order valence-corrected chi connectivity index (χ1v) is 8.48. The zero-order valence-electron chi connectivity index (χ0n) is 16.6. The molecule has 150 valence electrons. The Balaban J connectivity index is 3.12. The van der Waals surface area contributed by atoms with Crippen molar-refractivity contribution in [3.63, 3.8) is 0 Å². The van der Waals surface area contributed by atoms with Gasteiger partial charge >= 0.3 is 18.2 Å². The SMILES string of the molecule is COC(=O)C1C(CO)N(C(=O)OC(C)(C)C)CCN1C(=O)OC(C)(C)C. The van der Waals surface area contributed by atoms with E-state index in [0.29, 0.717) is 0 Å². The molecule has 0 spiro atoms. The fourth-order valence-corrected chi connectivity index (χ4v) is 2.57. The maximum absolute atomic E-state index is 12.5. The molecule has 1 aliphatic heterocycles. The summed E-state index contributed by atoms with van der Waals surface area (Å²) in [6.07, 6.45) is -1.38. The van der Waals surface area contributed by atoms with E-state index in [-0.39, 0.29) is 13.1 Å². The molecule has 26 heavy (non-hydrogen) atoms. The van der Waals surface area contributed by atoms with Crippen LogP contribution in [-0.2, 0) is 19.0 Å². The van der Waals surface area contributed by atoms with Gasteiger partial charge in [-0.2, -0.15) is 0 Å². The molecule has 1 rings (SSSR count). The second kappa shape index (κ2) is 8.11. The average Bonchev–Trinajstić information content (AvgIpc) is 2.49. The van der Waals surface area contributed by atoms with Crippen LogP contribution >= 0.6 is 0 Å². The molecule has 1 saturated heterocycles. The lowest BCUT2D eigenvalue weighted by Crippen LogP contribution is -2.67. The predicted octanol–water partition coefficient (Wildman–Crippen LogP) is 1.38. The summed E-state index contributed by atoms with van der Waals surface area (Å²) in [6, 6.07) is -2.19. The van der Waals surface area contributed by atoms with E-state index >= 15 is 0 Å². The molecule has 0 aromatic carbocycles. The number of esters is 1. The molecule has 0 aliphatic carbocycles. The van der Waals surface area contributed by atoms with Gasteiger partial charge in [0.25, 0.3) is 0 Å². The number of carbonyl (C=O) groups excluding carboxylic acids is 3. The molecule has 9 heteroatoms. The van der Waals surface area contributed by atoms with E-state index in [2.05, 4.69) is 0 Å². The van der Waals surface area contributed by atoms with Crippen molar-refractivity contribution in [3.05, 3.63) is 0 Å². The van der Waals surface area contributed by atoms with Crippen molar-refractivity contribution in [1.29, 1.82) is 0 Å². The summed E-state index contributed by atoms with van der Waals surface area (Å²) in [5, 5.41) is 9.82. The molecule has 0 bridgehead atoms. The minimum Gasteiger partial charge on any atom is -0.467 e. The zero-order chi connectivity index (χ0) is 20.3. The molecule has 2 amide bonds. The van der Waals surface area contributed by atoms with Gasteiger partial charge in [0.15, 0.2) is 6.04 Å². The van der Waals surface area contributed by atoms with Crippen molar-refractivity contribution in [2.24, 2.45) is 0 Å². The lowest BCUT2D eigenvalue weighted by Gasteiger charge is -2.45. The molecule has 2 unspecified atom stereocenters. The van der Waals surface area contributed by atoms with Gasteiger partial charge in [0.2, 0.25) is 0 Å². The predicted molar refractivity (Wildman–Crippen MR) is 92.6 cm³/mol. The first kappa shape index (κ1) is 22.0. The summed E-state index contributed by atoms with van der Waals surface area (Å²) >= 11 is 0. The zero-order valence-corrected chi connectivity index (χ0v) is 16.6. The maximum atomic E-state index is 12.5. The van der Waals surface area contributed by atoms with E-state index in [9.17, 15) is 19.5 Å². The molecule has 1 N–H and O–H groups in total. The number of hydrogen-bond donors (Lipinski definition) is 1. The molecule has 1 fully saturated rings. The van der Waals surface area contributed by atoms with Gasteiger partial charge in [0.1, 0.15) is 11.2 Å². The second-order valence-corrected chi connectivity index (χ2v) is 8.07. The number of piperazine rings is 1. The van der Waals surface area contributed by atoms with Crippen LogP contribution in [0.2, 0.25) is 0 Å². The molecule has 2 atom stereocenters.